The zero-order valence-corrected chi connectivity index (χ0v) is 6.35. The zero-order valence-electron chi connectivity index (χ0n) is 5.45. The van der Waals surface area contributed by atoms with E-state index in [1.54, 1.807) is 0 Å². The van der Waals surface area contributed by atoms with Crippen molar-refractivity contribution in [2.75, 3.05) is 6.54 Å². The minimum atomic E-state index is -4.42. The van der Waals surface area contributed by atoms with Crippen LogP contribution in [0.5, 0.6) is 0 Å². The molecule has 7 heteroatoms. The fourth-order valence-electron chi connectivity index (χ4n) is 0.331. The molecule has 1 unspecified atom stereocenters. The highest BCUT2D eigenvalue weighted by Crippen LogP contribution is 2.29. The molecular weight excluding hydrogens is 173 g/mol. The fraction of sp³-hybridized carbons (Fsp3) is 0.250. The Balaban J connectivity index is 3.79. The molecule has 11 heavy (non-hydrogen) atoms. The monoisotopic (exact) mass is 180 g/mol. The molecule has 0 aromatic rings. The molecule has 0 spiro atoms. The lowest BCUT2D eigenvalue weighted by Crippen LogP contribution is -2.16. The number of hydrogen-bond acceptors (Lipinski definition) is 4. The van der Waals surface area contributed by atoms with Crippen molar-refractivity contribution >= 4 is 14.0 Å². The molecule has 2 N–H and O–H groups in total. The first-order valence-electron chi connectivity index (χ1n) is 2.58. The first kappa shape index (κ1) is 10.3. The van der Waals surface area contributed by atoms with E-state index in [9.17, 15) is 14.3 Å². The Labute approximate surface area is 62.9 Å². The summed E-state index contributed by atoms with van der Waals surface area (Å²) in [5.74, 6) is 0.500. The summed E-state index contributed by atoms with van der Waals surface area (Å²) >= 11 is 0. The van der Waals surface area contributed by atoms with Crippen LogP contribution in [0.3, 0.4) is 0 Å². The van der Waals surface area contributed by atoms with Crippen LogP contribution in [0.4, 0.5) is 0 Å². The van der Waals surface area contributed by atoms with E-state index >= 15 is 0 Å². The van der Waals surface area contributed by atoms with Crippen LogP contribution < -0.4 is 4.89 Å². The van der Waals surface area contributed by atoms with E-state index in [-0.39, 0.29) is 18.0 Å². The molecule has 0 saturated carbocycles. The van der Waals surface area contributed by atoms with Crippen LogP contribution in [0.25, 0.3) is 0 Å². The SMILES string of the molecule is O=CN(O)C/C=C/P(=O)([O-])O. The quantitative estimate of drug-likeness (QED) is 0.247. The average molecular weight is 180 g/mol. The predicted octanol–water partition coefficient (Wildman–Crippen LogP) is -1.11. The van der Waals surface area contributed by atoms with Crippen LogP contribution >= 0.6 is 7.60 Å². The highest BCUT2D eigenvalue weighted by atomic mass is 31.2. The van der Waals surface area contributed by atoms with Gasteiger partial charge in [-0.15, -0.1) is 0 Å². The normalized spacial score (nSPS) is 16.3. The first-order chi connectivity index (χ1) is 4.95. The molecule has 6 nitrogen and oxygen atoms in total. The Kier molecular flexibility index (Phi) is 3.99. The Bertz CT molecular complexity index is 197. The largest absolute Gasteiger partial charge is 0.776 e. The molecule has 64 valence electrons. The van der Waals surface area contributed by atoms with Crippen molar-refractivity contribution in [1.29, 1.82) is 0 Å². The maximum atomic E-state index is 10.0. The lowest BCUT2D eigenvalue weighted by atomic mass is 10.6. The second kappa shape index (κ2) is 4.25. The molecule has 0 saturated heterocycles. The van der Waals surface area contributed by atoms with Gasteiger partial charge < -0.3 is 14.4 Å². The van der Waals surface area contributed by atoms with Crippen molar-refractivity contribution in [3.05, 3.63) is 11.9 Å². The molecular formula is C4H7NO5P-. The molecule has 0 heterocycles. The van der Waals surface area contributed by atoms with Gasteiger partial charge in [0.25, 0.3) is 0 Å². The number of hydroxylamine groups is 2. The maximum absolute atomic E-state index is 10.0. The van der Waals surface area contributed by atoms with Gasteiger partial charge in [-0.1, -0.05) is 6.08 Å². The fourth-order valence-corrected chi connectivity index (χ4v) is 0.692. The smallest absolute Gasteiger partial charge is 0.233 e. The van der Waals surface area contributed by atoms with E-state index < -0.39 is 7.60 Å². The molecule has 0 aliphatic rings. The van der Waals surface area contributed by atoms with Crippen LogP contribution in [-0.4, -0.2) is 28.1 Å². The van der Waals surface area contributed by atoms with Crippen LogP contribution in [0.15, 0.2) is 11.9 Å². The second-order valence-electron chi connectivity index (χ2n) is 1.68. The van der Waals surface area contributed by atoms with Gasteiger partial charge in [0.05, 0.1) is 6.54 Å². The van der Waals surface area contributed by atoms with E-state index in [0.29, 0.717) is 5.82 Å². The third-order valence-electron chi connectivity index (χ3n) is 0.708. The minimum Gasteiger partial charge on any atom is -0.776 e. The Hall–Kier alpha value is -0.680. The number of hydrogen-bond donors (Lipinski definition) is 2. The van der Waals surface area contributed by atoms with Gasteiger partial charge in [-0.2, -0.15) is 0 Å². The molecule has 1 amide bonds. The van der Waals surface area contributed by atoms with Gasteiger partial charge in [0.2, 0.25) is 6.41 Å². The lowest BCUT2D eigenvalue weighted by molar-refractivity contribution is -0.189. The van der Waals surface area contributed by atoms with Crippen molar-refractivity contribution in [2.45, 2.75) is 0 Å². The number of carbonyl (C=O) groups excluding carboxylic acids is 1. The Morgan fingerprint density at radius 3 is 2.55 bits per heavy atom. The summed E-state index contributed by atoms with van der Waals surface area (Å²) in [4.78, 5) is 27.8. The Morgan fingerprint density at radius 1 is 1.64 bits per heavy atom. The zero-order chi connectivity index (χ0) is 8.91. The van der Waals surface area contributed by atoms with Gasteiger partial charge in [0, 0.05) is 0 Å². The van der Waals surface area contributed by atoms with Gasteiger partial charge in [-0.3, -0.25) is 10.0 Å². The molecule has 1 atom stereocenters. The highest BCUT2D eigenvalue weighted by molar-refractivity contribution is 7.53. The standard InChI is InChI=1S/C4H8NO5P/c6-4-5(7)2-1-3-11(8,9)10/h1,3-4,7H,2H2,(H2,8,9,10)/p-1/b3-1+. The van der Waals surface area contributed by atoms with Gasteiger partial charge in [0.15, 0.2) is 7.60 Å². The molecule has 0 aromatic heterocycles. The first-order valence-corrected chi connectivity index (χ1v) is 4.22. The summed E-state index contributed by atoms with van der Waals surface area (Å²) in [6, 6.07) is 0. The summed E-state index contributed by atoms with van der Waals surface area (Å²) in [6.45, 7) is -0.281. The number of amides is 1. The topological polar surface area (TPSA) is 101 Å². The molecule has 0 fully saturated rings. The molecule has 0 aliphatic carbocycles. The van der Waals surface area contributed by atoms with Gasteiger partial charge in [-0.05, 0) is 5.82 Å². The van der Waals surface area contributed by atoms with Crippen LogP contribution in [0, 0.1) is 0 Å². The molecule has 0 aliphatic heterocycles. The van der Waals surface area contributed by atoms with E-state index in [0.717, 1.165) is 6.08 Å². The minimum absolute atomic E-state index is 0.109. The number of nitrogens with zero attached hydrogens (tertiary/aromatic N) is 1. The van der Waals surface area contributed by atoms with Crippen molar-refractivity contribution in [3.8, 4) is 0 Å². The summed E-state index contributed by atoms with van der Waals surface area (Å²) < 4.78 is 10.0. The number of rotatable bonds is 4. The van der Waals surface area contributed by atoms with Crippen LogP contribution in [0.1, 0.15) is 0 Å². The van der Waals surface area contributed by atoms with Crippen molar-refractivity contribution in [2.24, 2.45) is 0 Å². The van der Waals surface area contributed by atoms with E-state index in [4.69, 9.17) is 10.1 Å². The highest BCUT2D eigenvalue weighted by Gasteiger charge is 1.93. The van der Waals surface area contributed by atoms with Crippen molar-refractivity contribution in [3.63, 3.8) is 0 Å². The van der Waals surface area contributed by atoms with E-state index in [1.165, 1.54) is 0 Å². The summed E-state index contributed by atoms with van der Waals surface area (Å²) in [6.07, 6.45) is 1.04. The van der Waals surface area contributed by atoms with E-state index in [1.807, 2.05) is 0 Å². The molecule has 0 rings (SSSR count). The lowest BCUT2D eigenvalue weighted by Gasteiger charge is -2.09. The molecule has 0 bridgehead atoms. The number of carbonyl (C=O) groups is 1. The molecule has 0 aromatic carbocycles. The van der Waals surface area contributed by atoms with Crippen LogP contribution in [-0.2, 0) is 9.36 Å². The van der Waals surface area contributed by atoms with Crippen LogP contribution in [0.2, 0.25) is 0 Å². The summed E-state index contributed by atoms with van der Waals surface area (Å²) in [5, 5.41) is 8.62. The summed E-state index contributed by atoms with van der Waals surface area (Å²) in [7, 11) is -4.42. The summed E-state index contributed by atoms with van der Waals surface area (Å²) in [5.41, 5.74) is 0. The Morgan fingerprint density at radius 2 is 2.18 bits per heavy atom. The maximum Gasteiger partial charge on any atom is 0.233 e. The van der Waals surface area contributed by atoms with Gasteiger partial charge in [-0.25, -0.2) is 5.06 Å². The van der Waals surface area contributed by atoms with Gasteiger partial charge >= 0.3 is 0 Å². The van der Waals surface area contributed by atoms with E-state index in [2.05, 4.69) is 0 Å². The average Bonchev–Trinajstić information content (AvgIpc) is 1.85. The molecule has 0 radical (unpaired) electrons. The van der Waals surface area contributed by atoms with Crippen molar-refractivity contribution in [1.82, 2.24) is 5.06 Å². The van der Waals surface area contributed by atoms with Crippen molar-refractivity contribution < 1.29 is 24.4 Å². The second-order valence-corrected chi connectivity index (χ2v) is 3.10. The third-order valence-corrected chi connectivity index (χ3v) is 1.30. The van der Waals surface area contributed by atoms with Gasteiger partial charge in [0.1, 0.15) is 0 Å². The third kappa shape index (κ3) is 7.21. The predicted molar refractivity (Wildman–Crippen MR) is 33.5 cm³/mol.